The van der Waals surface area contributed by atoms with E-state index in [-0.39, 0.29) is 11.5 Å². The highest BCUT2D eigenvalue weighted by Crippen LogP contribution is 2.55. The quantitative estimate of drug-likeness (QED) is 0.668. The second-order valence-corrected chi connectivity index (χ2v) is 8.23. The Hall–Kier alpha value is -1.54. The first-order chi connectivity index (χ1) is 12.0. The second-order valence-electron chi connectivity index (χ2n) is 8.23. The number of hydrogen-bond donors (Lipinski definition) is 0. The summed E-state index contributed by atoms with van der Waals surface area (Å²) in [5.41, 5.74) is 5.41. The van der Waals surface area contributed by atoms with Gasteiger partial charge in [0.1, 0.15) is 5.76 Å². The molecule has 3 rings (SSSR count). The molecule has 0 N–H and O–H groups in total. The van der Waals surface area contributed by atoms with Crippen molar-refractivity contribution in [1.82, 2.24) is 0 Å². The van der Waals surface area contributed by atoms with Crippen LogP contribution in [0.2, 0.25) is 0 Å². The topological polar surface area (TPSA) is 18.5 Å². The molecule has 25 heavy (non-hydrogen) atoms. The minimum Gasteiger partial charge on any atom is -0.500 e. The number of benzene rings is 1. The van der Waals surface area contributed by atoms with Gasteiger partial charge >= 0.3 is 0 Å². The van der Waals surface area contributed by atoms with Crippen LogP contribution in [-0.2, 0) is 15.9 Å². The summed E-state index contributed by atoms with van der Waals surface area (Å²) in [5, 5.41) is 0. The van der Waals surface area contributed by atoms with Crippen LogP contribution in [0.25, 0.3) is 5.57 Å². The van der Waals surface area contributed by atoms with E-state index >= 15 is 0 Å². The summed E-state index contributed by atoms with van der Waals surface area (Å²) in [6, 6.07) is 8.73. The zero-order valence-corrected chi connectivity index (χ0v) is 16.6. The highest BCUT2D eigenvalue weighted by atomic mass is 16.5. The molecule has 2 atom stereocenters. The third kappa shape index (κ3) is 2.85. The number of ether oxygens (including phenoxy) is 2. The Labute approximate surface area is 152 Å². The van der Waals surface area contributed by atoms with E-state index in [1.807, 2.05) is 14.2 Å². The van der Waals surface area contributed by atoms with E-state index in [1.165, 1.54) is 28.7 Å². The zero-order chi connectivity index (χ0) is 18.2. The van der Waals surface area contributed by atoms with Crippen molar-refractivity contribution in [3.63, 3.8) is 0 Å². The molecule has 0 spiro atoms. The number of allylic oxidation sites excluding steroid dienone is 2. The SMILES string of the molecule is COC1=CC2=C(Cc3ccccc32)C(OC)C1(CCC(C)C)C(C)C. The molecule has 0 amide bonds. The number of methoxy groups -OCH3 is 2. The van der Waals surface area contributed by atoms with E-state index in [0.717, 1.165) is 18.6 Å². The van der Waals surface area contributed by atoms with Gasteiger partial charge in [-0.25, -0.2) is 0 Å². The Morgan fingerprint density at radius 1 is 1.12 bits per heavy atom. The third-order valence-electron chi connectivity index (χ3n) is 6.17. The first-order valence-corrected chi connectivity index (χ1v) is 9.56. The van der Waals surface area contributed by atoms with Gasteiger partial charge in [0.05, 0.1) is 18.6 Å². The van der Waals surface area contributed by atoms with Crippen molar-refractivity contribution < 1.29 is 9.47 Å². The molecule has 2 aliphatic rings. The predicted molar refractivity (Wildman–Crippen MR) is 104 cm³/mol. The summed E-state index contributed by atoms with van der Waals surface area (Å²) in [4.78, 5) is 0. The standard InChI is InChI=1S/C23H32O2/c1-15(2)11-12-23(16(3)4)21(24-5)14-19-18-10-8-7-9-17(18)13-20(19)22(23)25-6/h7-10,14-16,22H,11-13H2,1-6H3. The normalized spacial score (nSPS) is 25.3. The fourth-order valence-electron chi connectivity index (χ4n) is 4.78. The van der Waals surface area contributed by atoms with Gasteiger partial charge in [0.15, 0.2) is 0 Å². The van der Waals surface area contributed by atoms with Gasteiger partial charge in [-0.15, -0.1) is 0 Å². The van der Waals surface area contributed by atoms with Crippen molar-refractivity contribution in [3.8, 4) is 0 Å². The fraction of sp³-hybridized carbons (Fsp3) is 0.565. The van der Waals surface area contributed by atoms with Gasteiger partial charge in [-0.1, -0.05) is 52.0 Å². The molecule has 0 aliphatic heterocycles. The Morgan fingerprint density at radius 2 is 1.84 bits per heavy atom. The maximum Gasteiger partial charge on any atom is 0.105 e. The molecule has 0 saturated heterocycles. The molecule has 2 nitrogen and oxygen atoms in total. The van der Waals surface area contributed by atoms with Crippen molar-refractivity contribution in [1.29, 1.82) is 0 Å². The monoisotopic (exact) mass is 340 g/mol. The maximum absolute atomic E-state index is 6.20. The van der Waals surface area contributed by atoms with E-state index in [2.05, 4.69) is 58.0 Å². The minimum atomic E-state index is -0.0886. The molecule has 1 aromatic rings. The molecule has 0 radical (unpaired) electrons. The second kappa shape index (κ2) is 6.99. The van der Waals surface area contributed by atoms with Crippen LogP contribution in [0.3, 0.4) is 0 Å². The predicted octanol–water partition coefficient (Wildman–Crippen LogP) is 5.63. The van der Waals surface area contributed by atoms with E-state index in [4.69, 9.17) is 9.47 Å². The van der Waals surface area contributed by atoms with Gasteiger partial charge in [-0.3, -0.25) is 0 Å². The summed E-state index contributed by atoms with van der Waals surface area (Å²) in [6.07, 6.45) is 5.64. The zero-order valence-electron chi connectivity index (χ0n) is 16.6. The van der Waals surface area contributed by atoms with Crippen LogP contribution in [0.5, 0.6) is 0 Å². The van der Waals surface area contributed by atoms with Gasteiger partial charge in [0.25, 0.3) is 0 Å². The van der Waals surface area contributed by atoms with Crippen molar-refractivity contribution in [2.75, 3.05) is 14.2 Å². The smallest absolute Gasteiger partial charge is 0.105 e. The number of fused-ring (bicyclic) bond motifs is 2. The molecule has 2 aliphatic carbocycles. The summed E-state index contributed by atoms with van der Waals surface area (Å²) in [7, 11) is 3.68. The van der Waals surface area contributed by atoms with E-state index in [1.54, 1.807) is 0 Å². The van der Waals surface area contributed by atoms with E-state index < -0.39 is 0 Å². The van der Waals surface area contributed by atoms with Gasteiger partial charge < -0.3 is 9.47 Å². The summed E-state index contributed by atoms with van der Waals surface area (Å²) < 4.78 is 12.2. The molecule has 2 heteroatoms. The van der Waals surface area contributed by atoms with Crippen LogP contribution in [0.1, 0.15) is 51.7 Å². The van der Waals surface area contributed by atoms with Crippen LogP contribution in [-0.4, -0.2) is 20.3 Å². The summed E-state index contributed by atoms with van der Waals surface area (Å²) in [5.74, 6) is 2.20. The van der Waals surface area contributed by atoms with Crippen LogP contribution < -0.4 is 0 Å². The molecule has 2 unspecified atom stereocenters. The van der Waals surface area contributed by atoms with Crippen molar-refractivity contribution in [3.05, 3.63) is 52.8 Å². The lowest BCUT2D eigenvalue weighted by molar-refractivity contribution is -0.0354. The third-order valence-corrected chi connectivity index (χ3v) is 6.17. The average molecular weight is 341 g/mol. The van der Waals surface area contributed by atoms with Crippen LogP contribution in [0.4, 0.5) is 0 Å². The highest BCUT2D eigenvalue weighted by Gasteiger charge is 2.51. The average Bonchev–Trinajstić information content (AvgIpc) is 2.96. The van der Waals surface area contributed by atoms with Crippen molar-refractivity contribution in [2.45, 2.75) is 53.1 Å². The lowest BCUT2D eigenvalue weighted by Crippen LogP contribution is -2.46. The Bertz CT molecular complexity index is 696. The maximum atomic E-state index is 6.20. The first-order valence-electron chi connectivity index (χ1n) is 9.56. The van der Waals surface area contributed by atoms with Crippen LogP contribution in [0, 0.1) is 17.3 Å². The lowest BCUT2D eigenvalue weighted by Gasteiger charge is -2.47. The summed E-state index contributed by atoms with van der Waals surface area (Å²) >= 11 is 0. The minimum absolute atomic E-state index is 0.0774. The van der Waals surface area contributed by atoms with Gasteiger partial charge in [0.2, 0.25) is 0 Å². The Kier molecular flexibility index (Phi) is 5.11. The van der Waals surface area contributed by atoms with Crippen LogP contribution >= 0.6 is 0 Å². The highest BCUT2D eigenvalue weighted by molar-refractivity contribution is 5.85. The van der Waals surface area contributed by atoms with Gasteiger partial charge in [-0.2, -0.15) is 0 Å². The van der Waals surface area contributed by atoms with Gasteiger partial charge in [-0.05, 0) is 59.4 Å². The fourth-order valence-corrected chi connectivity index (χ4v) is 4.78. The molecule has 0 bridgehead atoms. The summed E-state index contributed by atoms with van der Waals surface area (Å²) in [6.45, 7) is 9.22. The Morgan fingerprint density at radius 3 is 2.44 bits per heavy atom. The number of hydrogen-bond acceptors (Lipinski definition) is 2. The molecular weight excluding hydrogens is 308 g/mol. The molecule has 0 aromatic heterocycles. The lowest BCUT2D eigenvalue weighted by atomic mass is 9.62. The van der Waals surface area contributed by atoms with E-state index in [0.29, 0.717) is 11.8 Å². The van der Waals surface area contributed by atoms with Gasteiger partial charge in [0, 0.05) is 7.11 Å². The number of rotatable bonds is 6. The molecule has 1 aromatic carbocycles. The first kappa shape index (κ1) is 18.3. The Balaban J connectivity index is 2.12. The van der Waals surface area contributed by atoms with Crippen LogP contribution in [0.15, 0.2) is 41.7 Å². The molecular formula is C23H32O2. The van der Waals surface area contributed by atoms with E-state index in [9.17, 15) is 0 Å². The molecule has 0 heterocycles. The molecule has 0 fully saturated rings. The largest absolute Gasteiger partial charge is 0.500 e. The van der Waals surface area contributed by atoms with Crippen molar-refractivity contribution >= 4 is 5.57 Å². The molecule has 0 saturated carbocycles. The van der Waals surface area contributed by atoms with Crippen molar-refractivity contribution in [2.24, 2.45) is 17.3 Å². The molecule has 136 valence electrons.